The van der Waals surface area contributed by atoms with Gasteiger partial charge in [-0.05, 0) is 56.7 Å². The molecule has 162 valence electrons. The molecule has 3 aromatic rings. The number of carbonyl (C=O) groups excluding carboxylic acids is 1. The Labute approximate surface area is 181 Å². The smallest absolute Gasteiger partial charge is 0.262 e. The van der Waals surface area contributed by atoms with Crippen LogP contribution >= 0.6 is 0 Å². The highest BCUT2D eigenvalue weighted by Gasteiger charge is 2.20. The normalized spacial score (nSPS) is 13.8. The summed E-state index contributed by atoms with van der Waals surface area (Å²) in [6, 6.07) is 11.7. The number of nitrogens with one attached hydrogen (secondary N) is 2. The number of furan rings is 1. The number of amides is 1. The number of aromatic nitrogens is 1. The number of hydrogen-bond acceptors (Lipinski definition) is 5. The van der Waals surface area contributed by atoms with Crippen molar-refractivity contribution in [3.05, 3.63) is 71.4 Å². The Balaban J connectivity index is 1.52. The van der Waals surface area contributed by atoms with E-state index >= 15 is 0 Å². The molecular weight excluding hydrogens is 416 g/mol. The summed E-state index contributed by atoms with van der Waals surface area (Å²) in [6.45, 7) is 4.96. The summed E-state index contributed by atoms with van der Waals surface area (Å²) in [7, 11) is -3.75. The molecule has 0 bridgehead atoms. The second-order valence-electron chi connectivity index (χ2n) is 7.47. The van der Waals surface area contributed by atoms with Crippen molar-refractivity contribution in [2.45, 2.75) is 38.1 Å². The van der Waals surface area contributed by atoms with Crippen LogP contribution in [0.5, 0.6) is 0 Å². The molecule has 0 fully saturated rings. The van der Waals surface area contributed by atoms with Crippen molar-refractivity contribution in [2.24, 2.45) is 4.99 Å². The van der Waals surface area contributed by atoms with Gasteiger partial charge in [0.15, 0.2) is 0 Å². The zero-order chi connectivity index (χ0) is 22.0. The summed E-state index contributed by atoms with van der Waals surface area (Å²) in [5.74, 6) is 0.964. The third-order valence-electron chi connectivity index (χ3n) is 5.24. The van der Waals surface area contributed by atoms with Gasteiger partial charge in [0.05, 0.1) is 23.3 Å². The lowest BCUT2D eigenvalue weighted by atomic mass is 10.2. The Hall–Kier alpha value is -3.33. The molecule has 4 rings (SSSR count). The van der Waals surface area contributed by atoms with Crippen LogP contribution in [0.4, 0.5) is 5.69 Å². The van der Waals surface area contributed by atoms with Crippen molar-refractivity contribution in [3.63, 3.8) is 0 Å². The molecule has 3 heterocycles. The van der Waals surface area contributed by atoms with Crippen molar-refractivity contribution in [1.29, 1.82) is 0 Å². The molecule has 0 saturated carbocycles. The molecule has 31 heavy (non-hydrogen) atoms. The van der Waals surface area contributed by atoms with Gasteiger partial charge in [0, 0.05) is 30.0 Å². The number of benzene rings is 1. The lowest BCUT2D eigenvalue weighted by Gasteiger charge is -2.11. The van der Waals surface area contributed by atoms with Gasteiger partial charge in [0.25, 0.3) is 15.9 Å². The minimum absolute atomic E-state index is 0.0724. The average molecular weight is 441 g/mol. The number of carbonyl (C=O) groups is 1. The second kappa shape index (κ2) is 8.43. The van der Waals surface area contributed by atoms with Crippen LogP contribution < -0.4 is 10.0 Å². The highest BCUT2D eigenvalue weighted by atomic mass is 32.2. The van der Waals surface area contributed by atoms with Gasteiger partial charge in [0.1, 0.15) is 11.6 Å². The number of sulfonamides is 1. The molecule has 0 radical (unpaired) electrons. The fourth-order valence-electron chi connectivity index (χ4n) is 3.61. The molecule has 9 heteroatoms. The Bertz CT molecular complexity index is 1240. The van der Waals surface area contributed by atoms with E-state index in [9.17, 15) is 13.2 Å². The molecule has 0 unspecified atom stereocenters. The number of rotatable bonds is 6. The van der Waals surface area contributed by atoms with Crippen LogP contribution in [0.15, 0.2) is 63.0 Å². The second-order valence-corrected chi connectivity index (χ2v) is 9.15. The van der Waals surface area contributed by atoms with Crippen molar-refractivity contribution >= 4 is 27.5 Å². The first-order chi connectivity index (χ1) is 14.8. The molecule has 1 aliphatic heterocycles. The molecule has 2 N–H and O–H groups in total. The zero-order valence-corrected chi connectivity index (χ0v) is 18.2. The summed E-state index contributed by atoms with van der Waals surface area (Å²) in [6.07, 6.45) is 3.07. The highest BCUT2D eigenvalue weighted by Crippen LogP contribution is 2.21. The monoisotopic (exact) mass is 440 g/mol. The minimum atomic E-state index is -3.75. The fourth-order valence-corrected chi connectivity index (χ4v) is 4.74. The van der Waals surface area contributed by atoms with E-state index in [1.54, 1.807) is 18.4 Å². The van der Waals surface area contributed by atoms with Crippen molar-refractivity contribution in [2.75, 3.05) is 11.9 Å². The Kier molecular flexibility index (Phi) is 5.69. The number of hydrogen-bond donors (Lipinski definition) is 2. The van der Waals surface area contributed by atoms with Crippen LogP contribution in [0.3, 0.4) is 0 Å². The van der Waals surface area contributed by atoms with Crippen molar-refractivity contribution < 1.29 is 17.6 Å². The first-order valence-corrected chi connectivity index (χ1v) is 11.5. The number of nitrogens with zero attached hydrogens (tertiary/aromatic N) is 2. The van der Waals surface area contributed by atoms with Gasteiger partial charge in [-0.3, -0.25) is 14.5 Å². The number of amidine groups is 1. The van der Waals surface area contributed by atoms with E-state index in [1.165, 1.54) is 12.1 Å². The van der Waals surface area contributed by atoms with Crippen LogP contribution in [0.1, 0.15) is 40.3 Å². The lowest BCUT2D eigenvalue weighted by molar-refractivity contribution is 0.102. The number of anilines is 1. The van der Waals surface area contributed by atoms with E-state index in [0.29, 0.717) is 36.6 Å². The van der Waals surface area contributed by atoms with Crippen LogP contribution in [0.25, 0.3) is 0 Å². The average Bonchev–Trinajstić information content (AvgIpc) is 3.48. The first kappa shape index (κ1) is 20.9. The standard InChI is InChI=1S/C22H24N4O4S/c1-15-12-20(16(2)26(15)14-18-7-5-11-30-18)22(27)24-17-6-3-8-19(13-17)31(28,29)25-21-9-4-10-23-21/h3,5-8,11-13H,4,9-10,14H2,1-2H3,(H,23,25)(H,24,27). The molecule has 1 amide bonds. The topological polar surface area (TPSA) is 106 Å². The summed E-state index contributed by atoms with van der Waals surface area (Å²) in [5, 5.41) is 2.81. The maximum Gasteiger partial charge on any atom is 0.262 e. The van der Waals surface area contributed by atoms with Crippen LogP contribution in [-0.2, 0) is 16.6 Å². The predicted molar refractivity (Wildman–Crippen MR) is 118 cm³/mol. The van der Waals surface area contributed by atoms with Crippen molar-refractivity contribution in [3.8, 4) is 0 Å². The summed E-state index contributed by atoms with van der Waals surface area (Å²) in [4.78, 5) is 17.1. The molecule has 1 aromatic carbocycles. The van der Waals surface area contributed by atoms with Gasteiger partial charge in [-0.2, -0.15) is 0 Å². The first-order valence-electron chi connectivity index (χ1n) is 10.00. The van der Waals surface area contributed by atoms with Gasteiger partial charge in [-0.1, -0.05) is 6.07 Å². The maximum absolute atomic E-state index is 12.9. The van der Waals surface area contributed by atoms with E-state index in [1.807, 2.05) is 36.6 Å². The maximum atomic E-state index is 12.9. The fraction of sp³-hybridized carbons (Fsp3) is 0.273. The van der Waals surface area contributed by atoms with E-state index in [0.717, 1.165) is 23.6 Å². The van der Waals surface area contributed by atoms with Gasteiger partial charge >= 0.3 is 0 Å². The van der Waals surface area contributed by atoms with E-state index in [4.69, 9.17) is 4.42 Å². The van der Waals surface area contributed by atoms with Crippen molar-refractivity contribution in [1.82, 2.24) is 9.29 Å². The summed E-state index contributed by atoms with van der Waals surface area (Å²) in [5.41, 5.74) is 2.65. The van der Waals surface area contributed by atoms with Crippen LogP contribution in [0, 0.1) is 13.8 Å². The minimum Gasteiger partial charge on any atom is -0.467 e. The quantitative estimate of drug-likeness (QED) is 0.612. The summed E-state index contributed by atoms with van der Waals surface area (Å²) >= 11 is 0. The molecule has 0 atom stereocenters. The van der Waals surface area contributed by atoms with Crippen LogP contribution in [-0.4, -0.2) is 31.3 Å². The molecule has 0 spiro atoms. The Morgan fingerprint density at radius 3 is 2.74 bits per heavy atom. The van der Waals surface area contributed by atoms with E-state index < -0.39 is 10.0 Å². The molecule has 0 aliphatic carbocycles. The van der Waals surface area contributed by atoms with Gasteiger partial charge < -0.3 is 14.3 Å². The van der Waals surface area contributed by atoms with E-state index in [-0.39, 0.29) is 10.8 Å². The molecule has 8 nitrogen and oxygen atoms in total. The number of aliphatic imine (C=N–C) groups is 1. The van der Waals surface area contributed by atoms with Gasteiger partial charge in [-0.15, -0.1) is 0 Å². The largest absolute Gasteiger partial charge is 0.467 e. The third kappa shape index (κ3) is 4.56. The highest BCUT2D eigenvalue weighted by molar-refractivity contribution is 7.90. The molecule has 0 saturated heterocycles. The van der Waals surface area contributed by atoms with Gasteiger partial charge in [0.2, 0.25) is 0 Å². The Morgan fingerprint density at radius 1 is 1.19 bits per heavy atom. The molecule has 2 aromatic heterocycles. The Morgan fingerprint density at radius 2 is 2.03 bits per heavy atom. The molecular formula is C22H24N4O4S. The molecule has 1 aliphatic rings. The zero-order valence-electron chi connectivity index (χ0n) is 17.4. The number of aryl methyl sites for hydroxylation is 1. The van der Waals surface area contributed by atoms with Crippen LogP contribution in [0.2, 0.25) is 0 Å². The SMILES string of the molecule is Cc1cc(C(=O)Nc2cccc(S(=O)(=O)NC3=NCCC3)c2)c(C)n1Cc1ccco1. The predicted octanol–water partition coefficient (Wildman–Crippen LogP) is 3.47. The lowest BCUT2D eigenvalue weighted by Crippen LogP contribution is -2.29. The third-order valence-corrected chi connectivity index (χ3v) is 6.62. The summed E-state index contributed by atoms with van der Waals surface area (Å²) < 4.78 is 35.2. The van der Waals surface area contributed by atoms with E-state index in [2.05, 4.69) is 15.0 Å². The van der Waals surface area contributed by atoms with Gasteiger partial charge in [-0.25, -0.2) is 8.42 Å².